The molecule has 3 aromatic rings. The van der Waals surface area contributed by atoms with E-state index in [0.717, 1.165) is 30.6 Å². The summed E-state index contributed by atoms with van der Waals surface area (Å²) in [6.45, 7) is 1.40. The highest BCUT2D eigenvalue weighted by molar-refractivity contribution is 5.78. The molecule has 0 unspecified atom stereocenters. The Balaban J connectivity index is 1.85. The van der Waals surface area contributed by atoms with Crippen LogP contribution >= 0.6 is 0 Å². The number of hydrogen-bond donors (Lipinski definition) is 0. The maximum absolute atomic E-state index is 12.5. The van der Waals surface area contributed by atoms with E-state index in [-0.39, 0.29) is 11.7 Å². The fourth-order valence-electron chi connectivity index (χ4n) is 2.75. The smallest absolute Gasteiger partial charge is 0.261 e. The van der Waals surface area contributed by atoms with Crippen molar-refractivity contribution < 1.29 is 4.74 Å². The zero-order chi connectivity index (χ0) is 13.5. The third-order valence-electron chi connectivity index (χ3n) is 3.78. The molecule has 1 atom stereocenters. The summed E-state index contributed by atoms with van der Waals surface area (Å²) in [5, 5.41) is 4.79. The van der Waals surface area contributed by atoms with Crippen LogP contribution < -0.4 is 5.56 Å². The van der Waals surface area contributed by atoms with Gasteiger partial charge in [-0.2, -0.15) is 5.10 Å². The van der Waals surface area contributed by atoms with Gasteiger partial charge in [-0.05, 0) is 18.9 Å². The number of aromatic nitrogens is 4. The first-order chi connectivity index (χ1) is 9.83. The zero-order valence-corrected chi connectivity index (χ0v) is 10.9. The van der Waals surface area contributed by atoms with E-state index in [1.807, 2.05) is 18.3 Å². The summed E-state index contributed by atoms with van der Waals surface area (Å²) in [4.78, 5) is 16.8. The SMILES string of the molecule is O=c1c2cnc3ccnn3c2ccn1C[C@@H]1CCCO1. The number of pyridine rings is 1. The summed E-state index contributed by atoms with van der Waals surface area (Å²) >= 11 is 0. The van der Waals surface area contributed by atoms with Crippen molar-refractivity contribution in [1.82, 2.24) is 19.2 Å². The van der Waals surface area contributed by atoms with E-state index in [0.29, 0.717) is 11.9 Å². The molecule has 0 N–H and O–H groups in total. The molecule has 0 aromatic carbocycles. The van der Waals surface area contributed by atoms with Crippen LogP contribution in [0.1, 0.15) is 12.8 Å². The normalized spacial score (nSPS) is 19.1. The number of nitrogens with zero attached hydrogens (tertiary/aromatic N) is 4. The second kappa shape index (κ2) is 4.42. The summed E-state index contributed by atoms with van der Waals surface area (Å²) in [5.41, 5.74) is 1.49. The molecule has 4 heterocycles. The van der Waals surface area contributed by atoms with Crippen LogP contribution in [0.3, 0.4) is 0 Å². The molecule has 1 aliphatic rings. The highest BCUT2D eigenvalue weighted by Gasteiger charge is 2.17. The first-order valence-corrected chi connectivity index (χ1v) is 6.76. The highest BCUT2D eigenvalue weighted by atomic mass is 16.5. The van der Waals surface area contributed by atoms with E-state index in [1.165, 1.54) is 0 Å². The van der Waals surface area contributed by atoms with Gasteiger partial charge in [-0.1, -0.05) is 0 Å². The molecule has 6 nitrogen and oxygen atoms in total. The van der Waals surface area contributed by atoms with Crippen molar-refractivity contribution in [2.45, 2.75) is 25.5 Å². The van der Waals surface area contributed by atoms with Gasteiger partial charge in [-0.3, -0.25) is 4.79 Å². The van der Waals surface area contributed by atoms with Gasteiger partial charge < -0.3 is 9.30 Å². The van der Waals surface area contributed by atoms with Gasteiger partial charge in [0.2, 0.25) is 0 Å². The fourth-order valence-corrected chi connectivity index (χ4v) is 2.75. The van der Waals surface area contributed by atoms with E-state index in [1.54, 1.807) is 21.5 Å². The first kappa shape index (κ1) is 11.6. The Bertz CT molecular complexity index is 830. The van der Waals surface area contributed by atoms with Gasteiger partial charge in [0.15, 0.2) is 5.65 Å². The molecular weight excluding hydrogens is 256 g/mol. The molecule has 3 aromatic heterocycles. The minimum absolute atomic E-state index is 0.0390. The largest absolute Gasteiger partial charge is 0.376 e. The van der Waals surface area contributed by atoms with Crippen molar-refractivity contribution in [1.29, 1.82) is 0 Å². The second-order valence-corrected chi connectivity index (χ2v) is 5.07. The van der Waals surface area contributed by atoms with Gasteiger partial charge in [-0.15, -0.1) is 0 Å². The van der Waals surface area contributed by atoms with Crippen LogP contribution in [0, 0.1) is 0 Å². The van der Waals surface area contributed by atoms with E-state index >= 15 is 0 Å². The molecule has 1 aliphatic heterocycles. The Morgan fingerprint density at radius 3 is 3.20 bits per heavy atom. The summed E-state index contributed by atoms with van der Waals surface area (Å²) in [5.74, 6) is 0. The lowest BCUT2D eigenvalue weighted by Crippen LogP contribution is -2.26. The highest BCUT2D eigenvalue weighted by Crippen LogP contribution is 2.15. The molecule has 0 bridgehead atoms. The predicted molar refractivity (Wildman–Crippen MR) is 73.7 cm³/mol. The molecule has 1 fully saturated rings. The third kappa shape index (κ3) is 1.72. The lowest BCUT2D eigenvalue weighted by molar-refractivity contribution is 0.0963. The maximum atomic E-state index is 12.5. The lowest BCUT2D eigenvalue weighted by atomic mass is 10.2. The Morgan fingerprint density at radius 2 is 2.35 bits per heavy atom. The minimum Gasteiger partial charge on any atom is -0.376 e. The Morgan fingerprint density at radius 1 is 1.40 bits per heavy atom. The maximum Gasteiger partial charge on any atom is 0.261 e. The van der Waals surface area contributed by atoms with E-state index in [2.05, 4.69) is 10.1 Å². The van der Waals surface area contributed by atoms with Crippen molar-refractivity contribution in [2.24, 2.45) is 0 Å². The van der Waals surface area contributed by atoms with Gasteiger partial charge in [-0.25, -0.2) is 9.50 Å². The Labute approximate surface area is 114 Å². The van der Waals surface area contributed by atoms with Gasteiger partial charge in [0.05, 0.1) is 29.7 Å². The summed E-state index contributed by atoms with van der Waals surface area (Å²) < 4.78 is 8.98. The average Bonchev–Trinajstić information content (AvgIpc) is 3.12. The summed E-state index contributed by atoms with van der Waals surface area (Å²) in [6.07, 6.45) is 7.35. The second-order valence-electron chi connectivity index (χ2n) is 5.07. The number of rotatable bonds is 2. The fraction of sp³-hybridized carbons (Fsp3) is 0.357. The van der Waals surface area contributed by atoms with Gasteiger partial charge in [0.1, 0.15) is 0 Å². The number of hydrogen-bond acceptors (Lipinski definition) is 4. The molecule has 6 heteroatoms. The van der Waals surface area contributed by atoms with Crippen LogP contribution in [0.25, 0.3) is 16.6 Å². The average molecular weight is 270 g/mol. The van der Waals surface area contributed by atoms with E-state index in [4.69, 9.17) is 4.74 Å². The monoisotopic (exact) mass is 270 g/mol. The summed E-state index contributed by atoms with van der Waals surface area (Å²) in [7, 11) is 0. The Hall–Kier alpha value is -2.21. The van der Waals surface area contributed by atoms with Crippen LogP contribution in [0.4, 0.5) is 0 Å². The molecule has 0 spiro atoms. The lowest BCUT2D eigenvalue weighted by Gasteiger charge is -2.12. The number of fused-ring (bicyclic) bond motifs is 3. The van der Waals surface area contributed by atoms with E-state index < -0.39 is 0 Å². The molecule has 0 saturated carbocycles. The molecule has 4 rings (SSSR count). The van der Waals surface area contributed by atoms with Gasteiger partial charge in [0.25, 0.3) is 5.56 Å². The van der Waals surface area contributed by atoms with Gasteiger partial charge >= 0.3 is 0 Å². The molecule has 0 aliphatic carbocycles. The topological polar surface area (TPSA) is 61.4 Å². The molecule has 102 valence electrons. The van der Waals surface area contributed by atoms with Crippen LogP contribution in [0.2, 0.25) is 0 Å². The molecule has 20 heavy (non-hydrogen) atoms. The molecule has 0 amide bonds. The molecular formula is C14H14N4O2. The zero-order valence-electron chi connectivity index (χ0n) is 10.9. The van der Waals surface area contributed by atoms with Gasteiger partial charge in [0, 0.05) is 25.1 Å². The predicted octanol–water partition coefficient (Wildman–Crippen LogP) is 1.22. The minimum atomic E-state index is -0.0390. The molecule has 0 radical (unpaired) electrons. The third-order valence-corrected chi connectivity index (χ3v) is 3.78. The van der Waals surface area contributed by atoms with Crippen LogP contribution in [-0.4, -0.2) is 31.9 Å². The number of ether oxygens (including phenoxy) is 1. The Kier molecular flexibility index (Phi) is 2.56. The van der Waals surface area contributed by atoms with Crippen LogP contribution in [0.5, 0.6) is 0 Å². The van der Waals surface area contributed by atoms with Crippen molar-refractivity contribution in [2.75, 3.05) is 6.61 Å². The van der Waals surface area contributed by atoms with Crippen molar-refractivity contribution in [3.63, 3.8) is 0 Å². The van der Waals surface area contributed by atoms with Crippen molar-refractivity contribution in [3.8, 4) is 0 Å². The first-order valence-electron chi connectivity index (χ1n) is 6.76. The van der Waals surface area contributed by atoms with Crippen LogP contribution in [-0.2, 0) is 11.3 Å². The standard InChI is InChI=1S/C14H14N4O2/c19-14-11-8-15-13-3-5-16-18(13)12(11)4-6-17(14)9-10-2-1-7-20-10/h3-6,8,10H,1-2,7,9H2/t10-/m0/s1. The molecule has 1 saturated heterocycles. The quantitative estimate of drug-likeness (QED) is 0.702. The van der Waals surface area contributed by atoms with E-state index in [9.17, 15) is 4.79 Å². The van der Waals surface area contributed by atoms with Crippen LogP contribution in [0.15, 0.2) is 35.5 Å². The van der Waals surface area contributed by atoms with Crippen molar-refractivity contribution in [3.05, 3.63) is 41.1 Å². The summed E-state index contributed by atoms with van der Waals surface area (Å²) in [6, 6.07) is 3.73. The van der Waals surface area contributed by atoms with Crippen molar-refractivity contribution >= 4 is 16.6 Å².